The largest absolute Gasteiger partial charge is 0.420 e. The van der Waals surface area contributed by atoms with E-state index in [1.54, 1.807) is 5.32 Å². The fourth-order valence-corrected chi connectivity index (χ4v) is 3.69. The fraction of sp³-hybridized carbons (Fsp3) is 0.292. The lowest BCUT2D eigenvalue weighted by molar-refractivity contribution is -0.260. The van der Waals surface area contributed by atoms with Gasteiger partial charge in [0.25, 0.3) is 11.8 Å². The zero-order valence-corrected chi connectivity index (χ0v) is 20.5. The van der Waals surface area contributed by atoms with Crippen molar-refractivity contribution in [2.45, 2.75) is 18.0 Å². The van der Waals surface area contributed by atoms with E-state index in [1.165, 1.54) is 12.1 Å². The molecule has 2 amide bonds. The van der Waals surface area contributed by atoms with E-state index < -0.39 is 90.2 Å². The maximum atomic E-state index is 14.3. The maximum absolute atomic E-state index is 14.3. The monoisotopic (exact) mass is 597 g/mol. The van der Waals surface area contributed by atoms with Gasteiger partial charge in [-0.05, 0) is 36.4 Å². The summed E-state index contributed by atoms with van der Waals surface area (Å²) in [5.74, 6) is -6.01. The van der Waals surface area contributed by atoms with E-state index >= 15 is 0 Å². The Morgan fingerprint density at radius 3 is 2.22 bits per heavy atom. The van der Waals surface area contributed by atoms with Gasteiger partial charge in [0.05, 0.1) is 36.1 Å². The molecule has 8 nitrogen and oxygen atoms in total. The van der Waals surface area contributed by atoms with E-state index in [9.17, 15) is 54.2 Å². The number of halogens is 9. The minimum Gasteiger partial charge on any atom is -0.383 e. The topological polar surface area (TPSA) is 113 Å². The van der Waals surface area contributed by atoms with Gasteiger partial charge in [0.2, 0.25) is 0 Å². The lowest BCUT2D eigenvalue weighted by atomic mass is 10.00. The lowest BCUT2D eigenvalue weighted by Crippen LogP contribution is -2.60. The molecule has 1 aromatic heterocycles. The minimum atomic E-state index is -5.64. The minimum absolute atomic E-state index is 0.145. The first-order valence-electron chi connectivity index (χ1n) is 11.4. The number of nitrogen functional groups attached to an aromatic ring is 1. The first-order valence-corrected chi connectivity index (χ1v) is 11.4. The van der Waals surface area contributed by atoms with Crippen LogP contribution < -0.4 is 11.1 Å². The van der Waals surface area contributed by atoms with E-state index in [-0.39, 0.29) is 10.6 Å². The van der Waals surface area contributed by atoms with Crippen LogP contribution in [0.2, 0.25) is 0 Å². The van der Waals surface area contributed by atoms with Gasteiger partial charge < -0.3 is 21.1 Å². The van der Waals surface area contributed by atoms with Gasteiger partial charge in [0, 0.05) is 6.54 Å². The van der Waals surface area contributed by atoms with Crippen LogP contribution in [0, 0.1) is 11.6 Å². The van der Waals surface area contributed by atoms with Crippen LogP contribution in [-0.2, 0) is 6.18 Å². The van der Waals surface area contributed by atoms with Gasteiger partial charge in [0.1, 0.15) is 29.7 Å². The Hall–Kier alpha value is -4.28. The molecule has 0 aliphatic carbocycles. The number of benzene rings is 2. The smallest absolute Gasteiger partial charge is 0.383 e. The lowest BCUT2D eigenvalue weighted by Gasteiger charge is -2.35. The third-order valence-electron chi connectivity index (χ3n) is 5.82. The predicted octanol–water partition coefficient (Wildman–Crippen LogP) is 3.89. The van der Waals surface area contributed by atoms with E-state index in [2.05, 4.69) is 5.10 Å². The van der Waals surface area contributed by atoms with Crippen LogP contribution in [0.3, 0.4) is 0 Å². The van der Waals surface area contributed by atoms with Crippen LogP contribution in [0.1, 0.15) is 26.3 Å². The number of rotatable bonds is 9. The zero-order valence-electron chi connectivity index (χ0n) is 20.5. The van der Waals surface area contributed by atoms with Crippen molar-refractivity contribution in [3.8, 4) is 5.69 Å². The highest BCUT2D eigenvalue weighted by atomic mass is 19.4. The van der Waals surface area contributed by atoms with Crippen molar-refractivity contribution < 1.29 is 54.2 Å². The fourth-order valence-electron chi connectivity index (χ4n) is 3.69. The maximum Gasteiger partial charge on any atom is 0.420 e. The van der Waals surface area contributed by atoms with Crippen molar-refractivity contribution in [2.75, 3.05) is 32.0 Å². The molecule has 3 rings (SSSR count). The molecule has 222 valence electrons. The Balaban J connectivity index is 1.88. The number of alkyl halides is 7. The van der Waals surface area contributed by atoms with Crippen LogP contribution in [0.5, 0.6) is 0 Å². The van der Waals surface area contributed by atoms with Crippen LogP contribution in [0.4, 0.5) is 45.3 Å². The molecule has 0 saturated carbocycles. The van der Waals surface area contributed by atoms with Crippen molar-refractivity contribution in [1.82, 2.24) is 20.0 Å². The molecule has 0 bridgehead atoms. The molecule has 2 aromatic carbocycles. The first kappa shape index (κ1) is 31.3. The van der Waals surface area contributed by atoms with Crippen molar-refractivity contribution >= 4 is 17.6 Å². The molecule has 1 atom stereocenters. The highest BCUT2D eigenvalue weighted by Crippen LogP contribution is 2.35. The van der Waals surface area contributed by atoms with Crippen molar-refractivity contribution in [3.63, 3.8) is 0 Å². The number of anilines is 1. The molecule has 4 N–H and O–H groups in total. The number of carbonyl (C=O) groups excluding carboxylic acids is 2. The van der Waals surface area contributed by atoms with Crippen LogP contribution in [-0.4, -0.2) is 69.7 Å². The van der Waals surface area contributed by atoms with Gasteiger partial charge in [-0.15, -0.1) is 0 Å². The van der Waals surface area contributed by atoms with Crippen LogP contribution >= 0.6 is 0 Å². The molecular formula is C24H20F9N5O3. The Morgan fingerprint density at radius 1 is 1.02 bits per heavy atom. The molecule has 1 heterocycles. The average molecular weight is 597 g/mol. The van der Waals surface area contributed by atoms with Gasteiger partial charge in [0.15, 0.2) is 5.60 Å². The predicted molar refractivity (Wildman–Crippen MR) is 125 cm³/mol. The second kappa shape index (κ2) is 11.7. The van der Waals surface area contributed by atoms with E-state index in [0.29, 0.717) is 18.2 Å². The highest BCUT2D eigenvalue weighted by molar-refractivity contribution is 5.98. The number of carbonyl (C=O) groups is 2. The van der Waals surface area contributed by atoms with Crippen molar-refractivity contribution in [3.05, 3.63) is 77.0 Å². The summed E-state index contributed by atoms with van der Waals surface area (Å²) in [6, 6.07) is 5.92. The van der Waals surface area contributed by atoms with Gasteiger partial charge in [-0.2, -0.15) is 31.4 Å². The first-order chi connectivity index (χ1) is 19.0. The molecule has 1 unspecified atom stereocenters. The van der Waals surface area contributed by atoms with Gasteiger partial charge in [-0.25, -0.2) is 17.9 Å². The number of hydrogen-bond donors (Lipinski definition) is 3. The van der Waals surface area contributed by atoms with Crippen LogP contribution in [0.25, 0.3) is 5.69 Å². The SMILES string of the molecule is Nc1c(C(=O)NCC(O)(CN(CCF)C(=O)c2c(F)cccc2C(F)(F)F)C(F)(F)F)cnn1-c1ccc(F)cc1. The summed E-state index contributed by atoms with van der Waals surface area (Å²) in [4.78, 5) is 25.3. The number of aliphatic hydroxyl groups is 1. The third-order valence-corrected chi connectivity index (χ3v) is 5.82. The van der Waals surface area contributed by atoms with E-state index in [1.807, 2.05) is 0 Å². The van der Waals surface area contributed by atoms with Crippen molar-refractivity contribution in [1.29, 1.82) is 0 Å². The van der Waals surface area contributed by atoms with Crippen LogP contribution in [0.15, 0.2) is 48.7 Å². The molecule has 0 fully saturated rings. The summed E-state index contributed by atoms with van der Waals surface area (Å²) in [7, 11) is 0. The van der Waals surface area contributed by atoms with E-state index in [4.69, 9.17) is 5.73 Å². The number of amides is 2. The number of nitrogens with zero attached hydrogens (tertiary/aromatic N) is 3. The Labute approximate surface area is 225 Å². The van der Waals surface area contributed by atoms with Gasteiger partial charge in [-0.3, -0.25) is 9.59 Å². The number of nitrogens with two attached hydrogens (primary N) is 1. The molecule has 0 aliphatic heterocycles. The summed E-state index contributed by atoms with van der Waals surface area (Å²) in [6.45, 7) is -6.39. The second-order valence-corrected chi connectivity index (χ2v) is 8.62. The summed E-state index contributed by atoms with van der Waals surface area (Å²) < 4.78 is 124. The molecular weight excluding hydrogens is 577 g/mol. The average Bonchev–Trinajstić information content (AvgIpc) is 3.27. The zero-order chi connectivity index (χ0) is 30.8. The number of aromatic nitrogens is 2. The summed E-state index contributed by atoms with van der Waals surface area (Å²) in [5.41, 5.74) is -2.02. The summed E-state index contributed by atoms with van der Waals surface area (Å²) in [5, 5.41) is 16.0. The third kappa shape index (κ3) is 6.72. The van der Waals surface area contributed by atoms with E-state index in [0.717, 1.165) is 23.0 Å². The molecule has 17 heteroatoms. The quantitative estimate of drug-likeness (QED) is 0.324. The van der Waals surface area contributed by atoms with Crippen molar-refractivity contribution in [2.24, 2.45) is 0 Å². The standard InChI is InChI=1S/C24H20F9N5O3/c25-8-9-37(21(40)18-16(23(28,29)30)2-1-3-17(18)27)12-22(41,24(31,32)33)11-35-20(39)15-10-36-38(19(15)34)14-6-4-13(26)5-7-14/h1-7,10,41H,8-9,11-12,34H2,(H,35,39). The number of nitrogens with one attached hydrogen (secondary N) is 1. The molecule has 0 saturated heterocycles. The number of hydrogen-bond acceptors (Lipinski definition) is 5. The molecule has 0 radical (unpaired) electrons. The second-order valence-electron chi connectivity index (χ2n) is 8.62. The van der Waals surface area contributed by atoms with Gasteiger partial charge in [-0.1, -0.05) is 6.07 Å². The highest BCUT2D eigenvalue weighted by Gasteiger charge is 2.55. The molecule has 0 spiro atoms. The molecule has 3 aromatic rings. The molecule has 0 aliphatic rings. The molecule has 41 heavy (non-hydrogen) atoms. The normalized spacial score (nSPS) is 13.5. The Kier molecular flexibility index (Phi) is 8.90. The Bertz CT molecular complexity index is 1410. The Morgan fingerprint density at radius 2 is 1.66 bits per heavy atom. The van der Waals surface area contributed by atoms with Gasteiger partial charge >= 0.3 is 12.4 Å². The summed E-state index contributed by atoms with van der Waals surface area (Å²) in [6.07, 6.45) is -10.1. The summed E-state index contributed by atoms with van der Waals surface area (Å²) >= 11 is 0.